The second-order valence-corrected chi connectivity index (χ2v) is 6.37. The molecule has 0 amide bonds. The van der Waals surface area contributed by atoms with Crippen molar-refractivity contribution in [2.24, 2.45) is 10.8 Å². The van der Waals surface area contributed by atoms with E-state index in [0.29, 0.717) is 0 Å². The minimum Gasteiger partial charge on any atom is -0.303 e. The molecule has 2 N–H and O–H groups in total. The number of phosphoric ester groups is 1. The minimum absolute atomic E-state index is 0.270. The molecule has 0 aliphatic rings. The molecule has 0 saturated heterocycles. The van der Waals surface area contributed by atoms with Gasteiger partial charge in [0.05, 0.1) is 11.5 Å². The molecule has 0 saturated carbocycles. The Bertz CT molecular complexity index is 392. The molecule has 1 unspecified atom stereocenters. The predicted octanol–water partition coefficient (Wildman–Crippen LogP) is 2.17. The second kappa shape index (κ2) is 5.25. The molecule has 96 valence electrons. The van der Waals surface area contributed by atoms with Crippen molar-refractivity contribution in [3.05, 3.63) is 0 Å². The lowest BCUT2D eigenvalue weighted by Crippen LogP contribution is -2.34. The Morgan fingerprint density at radius 3 is 2.00 bits per heavy atom. The van der Waals surface area contributed by atoms with Crippen molar-refractivity contribution < 1.29 is 18.9 Å². The summed E-state index contributed by atoms with van der Waals surface area (Å²) >= 11 is 0. The van der Waals surface area contributed by atoms with E-state index >= 15 is 0 Å². The first-order chi connectivity index (χ1) is 7.43. The Morgan fingerprint density at radius 2 is 1.71 bits per heavy atom. The number of rotatable bonds is 5. The average Bonchev–Trinajstić information content (AvgIpc) is 2.14. The van der Waals surface area contributed by atoms with E-state index in [9.17, 15) is 4.57 Å². The van der Waals surface area contributed by atoms with Crippen LogP contribution in [0.3, 0.4) is 0 Å². The Kier molecular flexibility index (Phi) is 5.02. The van der Waals surface area contributed by atoms with Crippen molar-refractivity contribution in [2.45, 2.75) is 40.2 Å². The van der Waals surface area contributed by atoms with Gasteiger partial charge in [-0.2, -0.15) is 0 Å². The van der Waals surface area contributed by atoms with Crippen LogP contribution in [0.1, 0.15) is 34.1 Å². The van der Waals surface area contributed by atoms with Crippen molar-refractivity contribution in [3.63, 3.8) is 0 Å². The van der Waals surface area contributed by atoms with E-state index in [1.54, 1.807) is 27.7 Å². The molecule has 0 aromatic rings. The lowest BCUT2D eigenvalue weighted by molar-refractivity contribution is 0.0485. The van der Waals surface area contributed by atoms with Gasteiger partial charge in [-0.1, -0.05) is 5.92 Å². The normalized spacial score (nSPS) is 14.8. The van der Waals surface area contributed by atoms with Crippen LogP contribution in [-0.2, 0) is 9.09 Å². The zero-order valence-corrected chi connectivity index (χ0v) is 11.5. The first-order valence-corrected chi connectivity index (χ1v) is 6.66. The molecule has 0 aliphatic carbocycles. The van der Waals surface area contributed by atoms with Gasteiger partial charge in [0.2, 0.25) is 0 Å². The Morgan fingerprint density at radius 1 is 1.24 bits per heavy atom. The molecule has 0 bridgehead atoms. The van der Waals surface area contributed by atoms with E-state index in [1.807, 2.05) is 0 Å². The van der Waals surface area contributed by atoms with E-state index in [4.69, 9.17) is 27.2 Å². The second-order valence-electron chi connectivity index (χ2n) is 5.18. The molecule has 0 rings (SSSR count). The zero-order chi connectivity index (χ0) is 13.9. The van der Waals surface area contributed by atoms with Crippen LogP contribution >= 0.6 is 7.82 Å². The van der Waals surface area contributed by atoms with Gasteiger partial charge in [-0.15, -0.1) is 18.8 Å². The highest BCUT2D eigenvalue weighted by Gasteiger charge is 2.37. The highest BCUT2D eigenvalue weighted by molar-refractivity contribution is 7.46. The van der Waals surface area contributed by atoms with Crippen LogP contribution < -0.4 is 0 Å². The Labute approximate surface area is 103 Å². The van der Waals surface area contributed by atoms with E-state index < -0.39 is 24.8 Å². The monoisotopic (exact) mass is 258 g/mol. The molecule has 17 heavy (non-hydrogen) atoms. The smallest absolute Gasteiger partial charge is 0.303 e. The summed E-state index contributed by atoms with van der Waals surface area (Å²) in [6.45, 7) is 6.94. The van der Waals surface area contributed by atoms with Gasteiger partial charge >= 0.3 is 7.82 Å². The van der Waals surface area contributed by atoms with Crippen LogP contribution in [0, 0.1) is 35.5 Å². The van der Waals surface area contributed by atoms with Crippen LogP contribution in [0.5, 0.6) is 0 Å². The van der Waals surface area contributed by atoms with Crippen molar-refractivity contribution in [1.29, 1.82) is 0 Å². The third kappa shape index (κ3) is 5.91. The topological polar surface area (TPSA) is 66.8 Å². The summed E-state index contributed by atoms with van der Waals surface area (Å²) in [6.07, 6.45) is 10.2. The maximum Gasteiger partial charge on any atom is 0.469 e. The molecular formula is C12H19O4P. The first kappa shape index (κ1) is 16.2. The van der Waals surface area contributed by atoms with Gasteiger partial charge in [-0.05, 0) is 34.1 Å². The number of hydrogen-bond donors (Lipinski definition) is 2. The van der Waals surface area contributed by atoms with Crippen LogP contribution in [0.4, 0.5) is 0 Å². The summed E-state index contributed by atoms with van der Waals surface area (Å²) in [5.74, 6) is 5.03. The van der Waals surface area contributed by atoms with Crippen molar-refractivity contribution in [1.82, 2.24) is 0 Å². The summed E-state index contributed by atoms with van der Waals surface area (Å²) in [4.78, 5) is 17.8. The molecule has 0 fully saturated rings. The van der Waals surface area contributed by atoms with Crippen LogP contribution in [0.15, 0.2) is 0 Å². The maximum atomic E-state index is 10.9. The van der Waals surface area contributed by atoms with E-state index in [2.05, 4.69) is 11.8 Å². The van der Waals surface area contributed by atoms with Gasteiger partial charge in [0.1, 0.15) is 0 Å². The molecule has 1 atom stereocenters. The molecule has 5 heteroatoms. The molecule has 0 spiro atoms. The summed E-state index contributed by atoms with van der Waals surface area (Å²) in [7, 11) is -4.59. The van der Waals surface area contributed by atoms with E-state index in [-0.39, 0.29) is 6.42 Å². The quantitative estimate of drug-likeness (QED) is 0.586. The maximum absolute atomic E-state index is 10.9. The lowest BCUT2D eigenvalue weighted by Gasteiger charge is -2.33. The van der Waals surface area contributed by atoms with Gasteiger partial charge in [0, 0.05) is 5.41 Å². The highest BCUT2D eigenvalue weighted by atomic mass is 31.2. The summed E-state index contributed by atoms with van der Waals surface area (Å²) in [5.41, 5.74) is -1.36. The van der Waals surface area contributed by atoms with Crippen LogP contribution in [0.2, 0.25) is 0 Å². The molecule has 0 aromatic carbocycles. The van der Waals surface area contributed by atoms with Crippen molar-refractivity contribution >= 4 is 7.82 Å². The number of terminal acetylenes is 2. The van der Waals surface area contributed by atoms with Gasteiger partial charge in [0.15, 0.2) is 0 Å². The summed E-state index contributed by atoms with van der Waals surface area (Å²) < 4.78 is 15.7. The minimum atomic E-state index is -4.59. The fraction of sp³-hybridized carbons (Fsp3) is 0.667. The highest BCUT2D eigenvalue weighted by Crippen LogP contribution is 2.45. The van der Waals surface area contributed by atoms with Gasteiger partial charge < -0.3 is 9.79 Å². The fourth-order valence-electron chi connectivity index (χ4n) is 1.21. The Hall–Kier alpha value is -0.770. The number of phosphoric acid groups is 1. The molecule has 0 aliphatic heterocycles. The Balaban J connectivity index is 5.11. The van der Waals surface area contributed by atoms with Crippen molar-refractivity contribution in [2.75, 3.05) is 0 Å². The van der Waals surface area contributed by atoms with E-state index in [0.717, 1.165) is 0 Å². The zero-order valence-electron chi connectivity index (χ0n) is 10.6. The molecule has 0 heterocycles. The molecule has 0 aromatic heterocycles. The summed E-state index contributed by atoms with van der Waals surface area (Å²) in [6, 6.07) is 0. The van der Waals surface area contributed by atoms with E-state index in [1.165, 1.54) is 0 Å². The first-order valence-electron chi connectivity index (χ1n) is 5.13. The third-order valence-corrected chi connectivity index (χ3v) is 3.06. The van der Waals surface area contributed by atoms with Gasteiger partial charge in [-0.25, -0.2) is 4.57 Å². The van der Waals surface area contributed by atoms with Crippen LogP contribution in [0.25, 0.3) is 0 Å². The lowest BCUT2D eigenvalue weighted by atomic mass is 9.77. The van der Waals surface area contributed by atoms with Gasteiger partial charge in [-0.3, -0.25) is 4.52 Å². The predicted molar refractivity (Wildman–Crippen MR) is 66.8 cm³/mol. The third-order valence-electron chi connectivity index (χ3n) is 2.53. The largest absolute Gasteiger partial charge is 0.469 e. The molecule has 0 radical (unpaired) electrons. The average molecular weight is 258 g/mol. The number of hydrogen-bond acceptors (Lipinski definition) is 2. The fourth-order valence-corrected chi connectivity index (χ4v) is 1.87. The SMILES string of the molecule is C#CC(C)(C)CC(OP(=O)(O)O)C(C)(C)C#C. The van der Waals surface area contributed by atoms with Crippen LogP contribution in [-0.4, -0.2) is 15.9 Å². The summed E-state index contributed by atoms with van der Waals surface area (Å²) in [5, 5.41) is 0. The van der Waals surface area contributed by atoms with Gasteiger partial charge in [0.25, 0.3) is 0 Å². The molecule has 4 nitrogen and oxygen atoms in total. The van der Waals surface area contributed by atoms with Crippen molar-refractivity contribution in [3.8, 4) is 24.7 Å². The standard InChI is InChI=1S/C12H19O4P/c1-7-11(3,4)9-10(12(5,6)8-2)16-17(13,14)15/h1-2,10H,9H2,3-6H3,(H2,13,14,15). The molecular weight excluding hydrogens is 239 g/mol.